The van der Waals surface area contributed by atoms with Crippen LogP contribution in [0.1, 0.15) is 18.1 Å². The molecule has 0 saturated carbocycles. The summed E-state index contributed by atoms with van der Waals surface area (Å²) in [6.45, 7) is 3.38. The van der Waals surface area contributed by atoms with Crippen LogP contribution in [-0.2, 0) is 6.42 Å². The van der Waals surface area contributed by atoms with E-state index in [0.717, 1.165) is 12.1 Å². The fourth-order valence-corrected chi connectivity index (χ4v) is 2.29. The van der Waals surface area contributed by atoms with E-state index in [1.54, 1.807) is 13.8 Å². The Morgan fingerprint density at radius 2 is 1.24 bits per heavy atom. The Morgan fingerprint density at radius 3 is 1.72 bits per heavy atom. The second kappa shape index (κ2) is 6.85. The van der Waals surface area contributed by atoms with Crippen molar-refractivity contribution in [3.8, 4) is 22.6 Å². The first-order valence-corrected chi connectivity index (χ1v) is 7.24. The van der Waals surface area contributed by atoms with E-state index >= 15 is 0 Å². The van der Waals surface area contributed by atoms with Crippen molar-refractivity contribution in [1.82, 2.24) is 0 Å². The van der Waals surface area contributed by atoms with Gasteiger partial charge in [0.05, 0.1) is 0 Å². The Balaban J connectivity index is 2.65. The van der Waals surface area contributed by atoms with Gasteiger partial charge in [-0.2, -0.15) is 0 Å². The van der Waals surface area contributed by atoms with Crippen LogP contribution in [0.4, 0.5) is 26.3 Å². The van der Waals surface area contributed by atoms with Gasteiger partial charge >= 0.3 is 12.7 Å². The molecule has 2 aromatic rings. The van der Waals surface area contributed by atoms with Gasteiger partial charge in [-0.3, -0.25) is 0 Å². The third-order valence-corrected chi connectivity index (χ3v) is 3.33. The van der Waals surface area contributed by atoms with Crippen molar-refractivity contribution in [3.05, 3.63) is 47.5 Å². The highest BCUT2D eigenvalue weighted by Gasteiger charge is 2.34. The Hall–Kier alpha value is -2.38. The number of halogens is 6. The number of ether oxygens (including phenoxy) is 2. The van der Waals surface area contributed by atoms with Crippen molar-refractivity contribution in [3.63, 3.8) is 0 Å². The van der Waals surface area contributed by atoms with E-state index in [9.17, 15) is 26.3 Å². The van der Waals surface area contributed by atoms with Gasteiger partial charge in [0.15, 0.2) is 0 Å². The zero-order valence-electron chi connectivity index (χ0n) is 13.3. The molecule has 0 aliphatic carbocycles. The first-order chi connectivity index (χ1) is 11.5. The summed E-state index contributed by atoms with van der Waals surface area (Å²) in [4.78, 5) is 0. The zero-order valence-corrected chi connectivity index (χ0v) is 13.3. The summed E-state index contributed by atoms with van der Waals surface area (Å²) in [6, 6.07) is 7.62. The molecule has 25 heavy (non-hydrogen) atoms. The van der Waals surface area contributed by atoms with Crippen LogP contribution < -0.4 is 9.47 Å². The van der Waals surface area contributed by atoms with Gasteiger partial charge in [0, 0.05) is 11.1 Å². The molecular formula is C17H14F6O2. The van der Waals surface area contributed by atoms with Crippen molar-refractivity contribution >= 4 is 0 Å². The highest BCUT2D eigenvalue weighted by molar-refractivity contribution is 5.77. The smallest absolute Gasteiger partial charge is 0.405 e. The lowest BCUT2D eigenvalue weighted by Gasteiger charge is -2.18. The quantitative estimate of drug-likeness (QED) is 0.618. The lowest BCUT2D eigenvalue weighted by molar-refractivity contribution is -0.276. The van der Waals surface area contributed by atoms with E-state index in [0.29, 0.717) is 17.5 Å². The van der Waals surface area contributed by atoms with Crippen LogP contribution >= 0.6 is 0 Å². The van der Waals surface area contributed by atoms with Crippen molar-refractivity contribution < 1.29 is 35.8 Å². The van der Waals surface area contributed by atoms with Crippen LogP contribution in [0.15, 0.2) is 36.4 Å². The second-order valence-corrected chi connectivity index (χ2v) is 5.28. The third-order valence-electron chi connectivity index (χ3n) is 3.33. The van der Waals surface area contributed by atoms with E-state index < -0.39 is 24.2 Å². The summed E-state index contributed by atoms with van der Waals surface area (Å²) in [5.41, 5.74) is 0.944. The zero-order chi connectivity index (χ0) is 18.8. The number of hydrogen-bond donors (Lipinski definition) is 0. The summed E-state index contributed by atoms with van der Waals surface area (Å²) >= 11 is 0. The highest BCUT2D eigenvalue weighted by Crippen LogP contribution is 2.41. The van der Waals surface area contributed by atoms with E-state index in [1.807, 2.05) is 0 Å². The van der Waals surface area contributed by atoms with Crippen molar-refractivity contribution in [2.24, 2.45) is 0 Å². The summed E-state index contributed by atoms with van der Waals surface area (Å²) in [5.74, 6) is -1.19. The number of benzene rings is 2. The molecule has 0 saturated heterocycles. The molecule has 0 aliphatic rings. The van der Waals surface area contributed by atoms with Crippen molar-refractivity contribution in [2.45, 2.75) is 33.0 Å². The maximum Gasteiger partial charge on any atom is 0.573 e. The molecule has 2 rings (SSSR count). The van der Waals surface area contributed by atoms with Crippen LogP contribution in [-0.4, -0.2) is 12.7 Å². The van der Waals surface area contributed by atoms with Gasteiger partial charge in [-0.1, -0.05) is 24.6 Å². The van der Waals surface area contributed by atoms with Gasteiger partial charge in [-0.25, -0.2) is 0 Å². The molecule has 0 heterocycles. The summed E-state index contributed by atoms with van der Waals surface area (Å²) < 4.78 is 83.7. The molecule has 0 bridgehead atoms. The third kappa shape index (κ3) is 5.30. The Morgan fingerprint density at radius 1 is 0.760 bits per heavy atom. The Bertz CT molecular complexity index is 750. The molecule has 136 valence electrons. The lowest BCUT2D eigenvalue weighted by Crippen LogP contribution is -2.19. The van der Waals surface area contributed by atoms with Crippen LogP contribution in [0.25, 0.3) is 11.1 Å². The van der Waals surface area contributed by atoms with Crippen LogP contribution in [0, 0.1) is 6.92 Å². The standard InChI is InChI=1S/C17H14F6O2/c1-3-11-5-7-15(25-17(21,22)23)13(9-11)12-8-10(2)4-6-14(12)24-16(18,19)20/h4-9H,3H2,1-2H3. The van der Waals surface area contributed by atoms with Crippen LogP contribution in [0.2, 0.25) is 0 Å². The molecule has 2 aromatic carbocycles. The van der Waals surface area contributed by atoms with E-state index in [1.165, 1.54) is 24.3 Å². The first kappa shape index (κ1) is 19.0. The van der Waals surface area contributed by atoms with E-state index in [4.69, 9.17) is 0 Å². The molecule has 0 amide bonds. The molecule has 0 N–H and O–H groups in total. The van der Waals surface area contributed by atoms with Crippen molar-refractivity contribution in [1.29, 1.82) is 0 Å². The Kier molecular flexibility index (Phi) is 5.20. The second-order valence-electron chi connectivity index (χ2n) is 5.28. The predicted molar refractivity (Wildman–Crippen MR) is 79.4 cm³/mol. The van der Waals surface area contributed by atoms with Crippen LogP contribution in [0.3, 0.4) is 0 Å². The van der Waals surface area contributed by atoms with E-state index in [2.05, 4.69) is 9.47 Å². The Labute approximate surface area is 140 Å². The molecule has 0 fully saturated rings. The molecule has 0 unspecified atom stereocenters. The molecule has 0 aromatic heterocycles. The molecule has 0 aliphatic heterocycles. The average molecular weight is 364 g/mol. The highest BCUT2D eigenvalue weighted by atomic mass is 19.4. The summed E-state index contributed by atoms with van der Waals surface area (Å²) in [5, 5.41) is 0. The normalized spacial score (nSPS) is 12.2. The summed E-state index contributed by atoms with van der Waals surface area (Å²) in [7, 11) is 0. The lowest BCUT2D eigenvalue weighted by atomic mass is 9.98. The number of rotatable bonds is 4. The topological polar surface area (TPSA) is 18.5 Å². The monoisotopic (exact) mass is 364 g/mol. The largest absolute Gasteiger partial charge is 0.573 e. The number of hydrogen-bond acceptors (Lipinski definition) is 2. The fraction of sp³-hybridized carbons (Fsp3) is 0.294. The molecule has 0 atom stereocenters. The van der Waals surface area contributed by atoms with Gasteiger partial charge in [0.2, 0.25) is 0 Å². The molecule has 2 nitrogen and oxygen atoms in total. The number of aryl methyl sites for hydroxylation is 2. The fourth-order valence-electron chi connectivity index (χ4n) is 2.29. The maximum absolute atomic E-state index is 12.6. The van der Waals surface area contributed by atoms with E-state index in [-0.39, 0.29) is 11.1 Å². The maximum atomic E-state index is 12.6. The minimum Gasteiger partial charge on any atom is -0.405 e. The van der Waals surface area contributed by atoms with Gasteiger partial charge in [-0.15, -0.1) is 26.3 Å². The minimum atomic E-state index is -4.97. The average Bonchev–Trinajstić information content (AvgIpc) is 2.47. The van der Waals surface area contributed by atoms with Gasteiger partial charge < -0.3 is 9.47 Å². The number of alkyl halides is 6. The van der Waals surface area contributed by atoms with Gasteiger partial charge in [0.1, 0.15) is 11.5 Å². The first-order valence-electron chi connectivity index (χ1n) is 7.24. The van der Waals surface area contributed by atoms with Gasteiger partial charge in [0.25, 0.3) is 0 Å². The summed E-state index contributed by atoms with van der Waals surface area (Å²) in [6.07, 6.45) is -9.46. The minimum absolute atomic E-state index is 0.125. The SMILES string of the molecule is CCc1ccc(OC(F)(F)F)c(-c2cc(C)ccc2OC(F)(F)F)c1. The van der Waals surface area contributed by atoms with Crippen LogP contribution in [0.5, 0.6) is 11.5 Å². The van der Waals surface area contributed by atoms with Crippen molar-refractivity contribution in [2.75, 3.05) is 0 Å². The predicted octanol–water partition coefficient (Wildman–Crippen LogP) is 6.02. The molecule has 0 radical (unpaired) electrons. The molecular weight excluding hydrogens is 350 g/mol. The molecule has 8 heteroatoms. The van der Waals surface area contributed by atoms with Gasteiger partial charge in [-0.05, 0) is 43.2 Å². The molecule has 0 spiro atoms.